The van der Waals surface area contributed by atoms with E-state index in [1.165, 1.54) is 44.2 Å². The molecule has 1 aromatic heterocycles. The SMILES string of the molecule is COc1ccc(S(=O)(=O)Nc2ccc(Oc3ccc(C(C)(C)C)cc3)nc2)cc1OC. The number of aromatic nitrogens is 1. The van der Waals surface area contributed by atoms with Crippen LogP contribution < -0.4 is 18.9 Å². The number of nitrogens with zero attached hydrogens (tertiary/aromatic N) is 1. The summed E-state index contributed by atoms with van der Waals surface area (Å²) >= 11 is 0. The highest BCUT2D eigenvalue weighted by molar-refractivity contribution is 7.92. The van der Waals surface area contributed by atoms with Crippen LogP contribution in [0.1, 0.15) is 26.3 Å². The minimum atomic E-state index is -3.83. The summed E-state index contributed by atoms with van der Waals surface area (Å²) in [6.07, 6.45) is 1.40. The Balaban J connectivity index is 1.71. The maximum Gasteiger partial charge on any atom is 0.262 e. The molecule has 0 spiro atoms. The Bertz CT molecular complexity index is 1140. The zero-order valence-electron chi connectivity index (χ0n) is 18.2. The first-order valence-corrected chi connectivity index (χ1v) is 11.1. The third-order valence-corrected chi connectivity index (χ3v) is 5.98. The second-order valence-electron chi connectivity index (χ2n) is 7.88. The molecule has 1 heterocycles. The lowest BCUT2D eigenvalue weighted by Crippen LogP contribution is -2.13. The third kappa shape index (κ3) is 5.46. The van der Waals surface area contributed by atoms with Crippen molar-refractivity contribution in [2.75, 3.05) is 18.9 Å². The van der Waals surface area contributed by atoms with Crippen molar-refractivity contribution >= 4 is 15.7 Å². The first kappa shape index (κ1) is 22.4. The van der Waals surface area contributed by atoms with Crippen LogP contribution in [0.4, 0.5) is 5.69 Å². The van der Waals surface area contributed by atoms with Gasteiger partial charge in [-0.15, -0.1) is 0 Å². The summed E-state index contributed by atoms with van der Waals surface area (Å²) in [4.78, 5) is 4.24. The van der Waals surface area contributed by atoms with E-state index in [9.17, 15) is 8.42 Å². The van der Waals surface area contributed by atoms with Crippen molar-refractivity contribution in [2.45, 2.75) is 31.1 Å². The average Bonchev–Trinajstić information content (AvgIpc) is 2.74. The number of benzene rings is 2. The van der Waals surface area contributed by atoms with E-state index in [0.717, 1.165) is 0 Å². The Labute approximate surface area is 183 Å². The van der Waals surface area contributed by atoms with Crippen molar-refractivity contribution in [2.24, 2.45) is 0 Å². The predicted molar refractivity (Wildman–Crippen MR) is 120 cm³/mol. The van der Waals surface area contributed by atoms with E-state index in [4.69, 9.17) is 14.2 Å². The minimum absolute atomic E-state index is 0.0458. The van der Waals surface area contributed by atoms with Gasteiger partial charge in [0, 0.05) is 12.1 Å². The Hall–Kier alpha value is -3.26. The van der Waals surface area contributed by atoms with Gasteiger partial charge in [0.05, 0.1) is 31.0 Å². The fourth-order valence-corrected chi connectivity index (χ4v) is 3.90. The zero-order valence-corrected chi connectivity index (χ0v) is 19.0. The van der Waals surface area contributed by atoms with E-state index in [2.05, 4.69) is 30.5 Å². The maximum atomic E-state index is 12.7. The molecule has 2 aromatic carbocycles. The first-order chi connectivity index (χ1) is 14.6. The average molecular weight is 443 g/mol. The summed E-state index contributed by atoms with van der Waals surface area (Å²) in [5.41, 5.74) is 1.57. The lowest BCUT2D eigenvalue weighted by molar-refractivity contribution is 0.354. The van der Waals surface area contributed by atoms with Gasteiger partial charge in [0.2, 0.25) is 5.88 Å². The number of methoxy groups -OCH3 is 2. The molecule has 7 nitrogen and oxygen atoms in total. The van der Waals surface area contributed by atoms with Gasteiger partial charge in [0.25, 0.3) is 10.0 Å². The smallest absolute Gasteiger partial charge is 0.262 e. The monoisotopic (exact) mass is 442 g/mol. The Morgan fingerprint density at radius 2 is 1.55 bits per heavy atom. The number of pyridine rings is 1. The van der Waals surface area contributed by atoms with Gasteiger partial charge in [0.15, 0.2) is 11.5 Å². The van der Waals surface area contributed by atoms with Crippen LogP contribution in [0.3, 0.4) is 0 Å². The topological polar surface area (TPSA) is 86.8 Å². The molecule has 0 aliphatic rings. The molecule has 0 aliphatic heterocycles. The maximum absolute atomic E-state index is 12.7. The van der Waals surface area contributed by atoms with Gasteiger partial charge >= 0.3 is 0 Å². The molecular weight excluding hydrogens is 416 g/mol. The molecule has 0 saturated heterocycles. The molecule has 31 heavy (non-hydrogen) atoms. The molecule has 0 saturated carbocycles. The molecule has 3 rings (SSSR count). The molecule has 0 bridgehead atoms. The van der Waals surface area contributed by atoms with Gasteiger partial charge in [0.1, 0.15) is 5.75 Å². The van der Waals surface area contributed by atoms with E-state index in [1.54, 1.807) is 12.1 Å². The van der Waals surface area contributed by atoms with Crippen molar-refractivity contribution in [3.05, 3.63) is 66.4 Å². The van der Waals surface area contributed by atoms with Gasteiger partial charge in [-0.05, 0) is 41.3 Å². The highest BCUT2D eigenvalue weighted by atomic mass is 32.2. The van der Waals surface area contributed by atoms with Gasteiger partial charge < -0.3 is 14.2 Å². The van der Waals surface area contributed by atoms with Crippen LogP contribution in [0, 0.1) is 0 Å². The van der Waals surface area contributed by atoms with Crippen LogP contribution in [0.2, 0.25) is 0 Å². The van der Waals surface area contributed by atoms with Crippen LogP contribution in [0.25, 0.3) is 0 Å². The van der Waals surface area contributed by atoms with E-state index in [0.29, 0.717) is 28.8 Å². The van der Waals surface area contributed by atoms with Crippen LogP contribution >= 0.6 is 0 Å². The molecule has 0 atom stereocenters. The molecular formula is C23H26N2O5S. The standard InChI is InChI=1S/C23H26N2O5S/c1-23(2,3)16-6-9-18(10-7-16)30-22-13-8-17(15-24-22)25-31(26,27)19-11-12-20(28-4)21(14-19)29-5/h6-15,25H,1-5H3. The number of nitrogens with one attached hydrogen (secondary N) is 1. The molecule has 0 fully saturated rings. The third-order valence-electron chi connectivity index (χ3n) is 4.60. The number of hydrogen-bond donors (Lipinski definition) is 1. The van der Waals surface area contributed by atoms with Crippen molar-refractivity contribution in [1.82, 2.24) is 4.98 Å². The number of ether oxygens (including phenoxy) is 3. The fourth-order valence-electron chi connectivity index (χ4n) is 2.84. The van der Waals surface area contributed by atoms with Crippen molar-refractivity contribution in [3.63, 3.8) is 0 Å². The van der Waals surface area contributed by atoms with Crippen LogP contribution in [0.5, 0.6) is 23.1 Å². The van der Waals surface area contributed by atoms with Crippen molar-refractivity contribution in [1.29, 1.82) is 0 Å². The molecule has 0 aliphatic carbocycles. The number of anilines is 1. The van der Waals surface area contributed by atoms with Gasteiger partial charge in [-0.1, -0.05) is 32.9 Å². The second-order valence-corrected chi connectivity index (χ2v) is 9.57. The number of hydrogen-bond acceptors (Lipinski definition) is 6. The normalized spacial score (nSPS) is 11.6. The van der Waals surface area contributed by atoms with E-state index in [1.807, 2.05) is 24.3 Å². The summed E-state index contributed by atoms with van der Waals surface area (Å²) in [7, 11) is -0.898. The van der Waals surface area contributed by atoms with Crippen molar-refractivity contribution in [3.8, 4) is 23.1 Å². The highest BCUT2D eigenvalue weighted by Gasteiger charge is 2.18. The van der Waals surface area contributed by atoms with Gasteiger partial charge in [-0.2, -0.15) is 0 Å². The quantitative estimate of drug-likeness (QED) is 0.555. The Morgan fingerprint density at radius 3 is 2.10 bits per heavy atom. The number of sulfonamides is 1. The largest absolute Gasteiger partial charge is 0.493 e. The predicted octanol–water partition coefficient (Wildman–Crippen LogP) is 4.99. The molecule has 8 heteroatoms. The van der Waals surface area contributed by atoms with E-state index in [-0.39, 0.29) is 10.3 Å². The summed E-state index contributed by atoms with van der Waals surface area (Å²) in [6, 6.07) is 15.4. The summed E-state index contributed by atoms with van der Waals surface area (Å²) in [5.74, 6) is 1.78. The molecule has 164 valence electrons. The van der Waals surface area contributed by atoms with Crippen LogP contribution in [0.15, 0.2) is 65.7 Å². The van der Waals surface area contributed by atoms with Gasteiger partial charge in [-0.3, -0.25) is 4.72 Å². The zero-order chi connectivity index (χ0) is 22.6. The molecule has 1 N–H and O–H groups in total. The van der Waals surface area contributed by atoms with E-state index < -0.39 is 10.0 Å². The summed E-state index contributed by atoms with van der Waals surface area (Å²) in [5, 5.41) is 0. The molecule has 0 amide bonds. The second kappa shape index (κ2) is 8.85. The highest BCUT2D eigenvalue weighted by Crippen LogP contribution is 2.30. The van der Waals surface area contributed by atoms with Crippen LogP contribution in [-0.4, -0.2) is 27.6 Å². The van der Waals surface area contributed by atoms with Crippen molar-refractivity contribution < 1.29 is 22.6 Å². The summed E-state index contributed by atoms with van der Waals surface area (Å²) in [6.45, 7) is 6.44. The molecule has 0 unspecified atom stereocenters. The van der Waals surface area contributed by atoms with E-state index >= 15 is 0 Å². The molecule has 0 radical (unpaired) electrons. The fraction of sp³-hybridized carbons (Fsp3) is 0.261. The van der Waals surface area contributed by atoms with Gasteiger partial charge in [-0.25, -0.2) is 13.4 Å². The lowest BCUT2D eigenvalue weighted by atomic mass is 9.87. The first-order valence-electron chi connectivity index (χ1n) is 9.62. The Kier molecular flexibility index (Phi) is 6.40. The molecule has 3 aromatic rings. The summed E-state index contributed by atoms with van der Waals surface area (Å²) < 4.78 is 43.9. The minimum Gasteiger partial charge on any atom is -0.493 e. The Morgan fingerprint density at radius 1 is 0.871 bits per heavy atom. The van der Waals surface area contributed by atoms with Crippen LogP contribution in [-0.2, 0) is 15.4 Å². The lowest BCUT2D eigenvalue weighted by Gasteiger charge is -2.19. The number of rotatable bonds is 7.